The first-order valence-corrected chi connectivity index (χ1v) is 4.46. The molecule has 1 aliphatic rings. The van der Waals surface area contributed by atoms with Crippen molar-refractivity contribution in [2.75, 3.05) is 0 Å². The van der Waals surface area contributed by atoms with Crippen LogP contribution in [0.2, 0.25) is 0 Å². The topological polar surface area (TPSA) is 32.9 Å². The molecule has 66 valence electrons. The Morgan fingerprint density at radius 2 is 2.31 bits per heavy atom. The number of rotatable bonds is 0. The Morgan fingerprint density at radius 1 is 1.54 bits per heavy atom. The van der Waals surface area contributed by atoms with Gasteiger partial charge < -0.3 is 4.98 Å². The molecule has 0 bridgehead atoms. The quantitative estimate of drug-likeness (QED) is 0.592. The number of aryl methyl sites for hydroxylation is 1. The number of hydrogen-bond donors (Lipinski definition) is 1. The molecule has 2 rings (SSSR count). The van der Waals surface area contributed by atoms with Crippen LogP contribution < -0.4 is 5.56 Å². The van der Waals surface area contributed by atoms with Crippen LogP contribution in [0, 0.1) is 24.7 Å². The Labute approximate surface area is 77.0 Å². The lowest BCUT2D eigenvalue weighted by molar-refractivity contribution is 1.16. The zero-order chi connectivity index (χ0) is 9.26. The SMILES string of the molecule is Cc1cc(C#CC2CC2)c[nH]c1=O. The highest BCUT2D eigenvalue weighted by Gasteiger charge is 2.17. The molecule has 1 aromatic heterocycles. The van der Waals surface area contributed by atoms with Crippen LogP contribution in [0.15, 0.2) is 17.1 Å². The summed E-state index contributed by atoms with van der Waals surface area (Å²) in [5.41, 5.74) is 1.60. The second-order valence-corrected chi connectivity index (χ2v) is 3.44. The van der Waals surface area contributed by atoms with E-state index in [1.807, 2.05) is 6.07 Å². The molecule has 0 radical (unpaired) electrons. The molecule has 1 saturated carbocycles. The summed E-state index contributed by atoms with van der Waals surface area (Å²) in [4.78, 5) is 13.7. The average Bonchev–Trinajstić information content (AvgIpc) is 2.91. The van der Waals surface area contributed by atoms with E-state index in [0.717, 1.165) is 11.1 Å². The van der Waals surface area contributed by atoms with Crippen molar-refractivity contribution in [2.45, 2.75) is 19.8 Å². The number of nitrogens with one attached hydrogen (secondary N) is 1. The molecule has 0 aliphatic heterocycles. The Hall–Kier alpha value is -1.49. The normalized spacial score (nSPS) is 14.8. The van der Waals surface area contributed by atoms with Crippen molar-refractivity contribution < 1.29 is 0 Å². The van der Waals surface area contributed by atoms with Crippen LogP contribution in [0.25, 0.3) is 0 Å². The van der Waals surface area contributed by atoms with E-state index in [2.05, 4.69) is 16.8 Å². The van der Waals surface area contributed by atoms with Crippen LogP contribution >= 0.6 is 0 Å². The largest absolute Gasteiger partial charge is 0.328 e. The lowest BCUT2D eigenvalue weighted by Gasteiger charge is -1.91. The van der Waals surface area contributed by atoms with Gasteiger partial charge in [-0.05, 0) is 25.8 Å². The smallest absolute Gasteiger partial charge is 0.250 e. The van der Waals surface area contributed by atoms with E-state index in [1.54, 1.807) is 13.1 Å². The summed E-state index contributed by atoms with van der Waals surface area (Å²) < 4.78 is 0. The Bertz CT molecular complexity index is 429. The minimum absolute atomic E-state index is 0.0306. The molecule has 0 aromatic carbocycles. The first kappa shape index (κ1) is 8.12. The van der Waals surface area contributed by atoms with Crippen LogP contribution in [-0.2, 0) is 0 Å². The first-order valence-electron chi connectivity index (χ1n) is 4.46. The number of aromatic nitrogens is 1. The van der Waals surface area contributed by atoms with Crippen LogP contribution in [0.1, 0.15) is 24.0 Å². The number of H-pyrrole nitrogens is 1. The average molecular weight is 173 g/mol. The molecule has 0 atom stereocenters. The van der Waals surface area contributed by atoms with Gasteiger partial charge in [-0.3, -0.25) is 4.79 Å². The third-order valence-corrected chi connectivity index (χ3v) is 2.09. The lowest BCUT2D eigenvalue weighted by Crippen LogP contribution is -2.08. The van der Waals surface area contributed by atoms with Gasteiger partial charge in [0.1, 0.15) is 0 Å². The predicted molar refractivity (Wildman–Crippen MR) is 51.4 cm³/mol. The Balaban J connectivity index is 2.27. The van der Waals surface area contributed by atoms with E-state index in [1.165, 1.54) is 12.8 Å². The maximum atomic E-state index is 11.0. The Morgan fingerprint density at radius 3 is 2.92 bits per heavy atom. The van der Waals surface area contributed by atoms with Crippen LogP contribution in [0.4, 0.5) is 0 Å². The van der Waals surface area contributed by atoms with Gasteiger partial charge in [0.15, 0.2) is 0 Å². The summed E-state index contributed by atoms with van der Waals surface area (Å²) >= 11 is 0. The monoisotopic (exact) mass is 173 g/mol. The molecule has 0 saturated heterocycles. The fourth-order valence-corrected chi connectivity index (χ4v) is 1.08. The van der Waals surface area contributed by atoms with Crippen molar-refractivity contribution in [3.8, 4) is 11.8 Å². The molecule has 1 aromatic rings. The molecule has 0 amide bonds. The molecule has 1 N–H and O–H groups in total. The molecule has 0 unspecified atom stereocenters. The van der Waals surface area contributed by atoms with Gasteiger partial charge in [-0.25, -0.2) is 0 Å². The standard InChI is InChI=1S/C11H11NO/c1-8-6-10(7-12-11(8)13)5-4-9-2-3-9/h6-7,9H,2-3H2,1H3,(H,12,13). The summed E-state index contributed by atoms with van der Waals surface area (Å²) in [7, 11) is 0. The summed E-state index contributed by atoms with van der Waals surface area (Å²) in [5, 5.41) is 0. The maximum absolute atomic E-state index is 11.0. The van der Waals surface area contributed by atoms with Gasteiger partial charge in [-0.1, -0.05) is 11.8 Å². The highest BCUT2D eigenvalue weighted by molar-refractivity contribution is 5.35. The zero-order valence-corrected chi connectivity index (χ0v) is 7.55. The fraction of sp³-hybridized carbons (Fsp3) is 0.364. The maximum Gasteiger partial charge on any atom is 0.250 e. The third-order valence-electron chi connectivity index (χ3n) is 2.09. The van der Waals surface area contributed by atoms with Gasteiger partial charge in [-0.2, -0.15) is 0 Å². The Kier molecular flexibility index (Phi) is 1.94. The molecule has 0 spiro atoms. The van der Waals surface area contributed by atoms with E-state index >= 15 is 0 Å². The van der Waals surface area contributed by atoms with Crippen molar-refractivity contribution in [1.82, 2.24) is 4.98 Å². The summed E-state index contributed by atoms with van der Waals surface area (Å²) in [6.07, 6.45) is 4.13. The first-order chi connectivity index (χ1) is 6.25. The van der Waals surface area contributed by atoms with Crippen molar-refractivity contribution >= 4 is 0 Å². The fourth-order valence-electron chi connectivity index (χ4n) is 1.08. The van der Waals surface area contributed by atoms with Gasteiger partial charge in [0, 0.05) is 23.2 Å². The second-order valence-electron chi connectivity index (χ2n) is 3.44. The van der Waals surface area contributed by atoms with E-state index in [9.17, 15) is 4.79 Å². The van der Waals surface area contributed by atoms with Crippen molar-refractivity contribution in [1.29, 1.82) is 0 Å². The number of pyridine rings is 1. The van der Waals surface area contributed by atoms with Crippen molar-refractivity contribution in [3.05, 3.63) is 33.7 Å². The predicted octanol–water partition coefficient (Wildman–Crippen LogP) is 1.44. The highest BCUT2D eigenvalue weighted by atomic mass is 16.1. The summed E-state index contributed by atoms with van der Waals surface area (Å²) in [5.74, 6) is 6.81. The molecule has 2 nitrogen and oxygen atoms in total. The van der Waals surface area contributed by atoms with E-state index < -0.39 is 0 Å². The van der Waals surface area contributed by atoms with Crippen LogP contribution in [0.3, 0.4) is 0 Å². The lowest BCUT2D eigenvalue weighted by atomic mass is 10.2. The minimum Gasteiger partial charge on any atom is -0.328 e. The van der Waals surface area contributed by atoms with E-state index in [0.29, 0.717) is 5.92 Å². The second kappa shape index (κ2) is 3.10. The molecule has 1 fully saturated rings. The molecule has 2 heteroatoms. The third kappa shape index (κ3) is 2.00. The summed E-state index contributed by atoms with van der Waals surface area (Å²) in [6.45, 7) is 1.79. The molecule has 1 heterocycles. The van der Waals surface area contributed by atoms with Gasteiger partial charge in [-0.15, -0.1) is 0 Å². The minimum atomic E-state index is -0.0306. The van der Waals surface area contributed by atoms with Crippen molar-refractivity contribution in [3.63, 3.8) is 0 Å². The van der Waals surface area contributed by atoms with Gasteiger partial charge in [0.05, 0.1) is 0 Å². The highest BCUT2D eigenvalue weighted by Crippen LogP contribution is 2.27. The molecule has 1 aliphatic carbocycles. The van der Waals surface area contributed by atoms with Gasteiger partial charge in [0.2, 0.25) is 0 Å². The molecule has 13 heavy (non-hydrogen) atoms. The molecular weight excluding hydrogens is 162 g/mol. The summed E-state index contributed by atoms with van der Waals surface area (Å²) in [6, 6.07) is 1.83. The van der Waals surface area contributed by atoms with Gasteiger partial charge in [0.25, 0.3) is 5.56 Å². The van der Waals surface area contributed by atoms with Crippen LogP contribution in [-0.4, -0.2) is 4.98 Å². The van der Waals surface area contributed by atoms with E-state index in [-0.39, 0.29) is 5.56 Å². The number of hydrogen-bond acceptors (Lipinski definition) is 1. The van der Waals surface area contributed by atoms with E-state index in [4.69, 9.17) is 0 Å². The molecular formula is C11H11NO. The van der Waals surface area contributed by atoms with Crippen molar-refractivity contribution in [2.24, 2.45) is 5.92 Å². The van der Waals surface area contributed by atoms with Gasteiger partial charge >= 0.3 is 0 Å². The zero-order valence-electron chi connectivity index (χ0n) is 7.55. The van der Waals surface area contributed by atoms with Crippen LogP contribution in [0.5, 0.6) is 0 Å². The number of aromatic amines is 1.